The van der Waals surface area contributed by atoms with Crippen molar-refractivity contribution in [1.29, 1.82) is 0 Å². The molecule has 2 N–H and O–H groups in total. The molecule has 3 atom stereocenters. The van der Waals surface area contributed by atoms with Crippen LogP contribution in [0.2, 0.25) is 0 Å². The van der Waals surface area contributed by atoms with Crippen molar-refractivity contribution in [2.75, 3.05) is 13.1 Å². The summed E-state index contributed by atoms with van der Waals surface area (Å²) in [4.78, 5) is 14.3. The number of carbonyl (C=O) groups is 1. The van der Waals surface area contributed by atoms with Gasteiger partial charge < -0.3 is 10.6 Å². The van der Waals surface area contributed by atoms with Crippen molar-refractivity contribution in [3.8, 4) is 0 Å². The second-order valence-corrected chi connectivity index (χ2v) is 5.42. The number of nitrogens with zero attached hydrogens (tertiary/aromatic N) is 1. The molecule has 0 spiro atoms. The van der Waals surface area contributed by atoms with E-state index >= 15 is 0 Å². The van der Waals surface area contributed by atoms with Gasteiger partial charge in [0, 0.05) is 25.0 Å². The Hall–Kier alpha value is -0.280. The molecule has 0 radical (unpaired) electrons. The smallest absolute Gasteiger partial charge is 0.225 e. The van der Waals surface area contributed by atoms with E-state index in [0.717, 1.165) is 32.4 Å². The molecule has 2 rings (SSSR count). The van der Waals surface area contributed by atoms with Crippen molar-refractivity contribution >= 4 is 18.3 Å². The van der Waals surface area contributed by atoms with Crippen molar-refractivity contribution in [3.05, 3.63) is 0 Å². The number of fused-ring (bicyclic) bond motifs is 1. The number of amides is 1. The van der Waals surface area contributed by atoms with Gasteiger partial charge in [0.05, 0.1) is 0 Å². The second kappa shape index (κ2) is 6.05. The Bertz CT molecular complexity index is 268. The normalized spacial score (nSPS) is 31.5. The van der Waals surface area contributed by atoms with Crippen molar-refractivity contribution < 1.29 is 4.79 Å². The van der Waals surface area contributed by atoms with Crippen LogP contribution in [0.3, 0.4) is 0 Å². The average molecular weight is 261 g/mol. The lowest BCUT2D eigenvalue weighted by Crippen LogP contribution is -2.36. The molecule has 17 heavy (non-hydrogen) atoms. The Labute approximate surface area is 111 Å². The van der Waals surface area contributed by atoms with Gasteiger partial charge in [-0.25, -0.2) is 0 Å². The maximum absolute atomic E-state index is 12.2. The largest absolute Gasteiger partial charge is 0.342 e. The van der Waals surface area contributed by atoms with Crippen LogP contribution in [0.5, 0.6) is 0 Å². The number of hydrogen-bond donors (Lipinski definition) is 1. The van der Waals surface area contributed by atoms with Crippen LogP contribution in [0.15, 0.2) is 0 Å². The van der Waals surface area contributed by atoms with Crippen molar-refractivity contribution in [2.24, 2.45) is 23.5 Å². The minimum atomic E-state index is 0. The number of likely N-dealkylation sites (tertiary alicyclic amines) is 1. The lowest BCUT2D eigenvalue weighted by atomic mass is 9.98. The summed E-state index contributed by atoms with van der Waals surface area (Å²) in [5.74, 6) is 1.87. The van der Waals surface area contributed by atoms with Gasteiger partial charge in [-0.2, -0.15) is 0 Å². The molecule has 0 bridgehead atoms. The Morgan fingerprint density at radius 2 is 1.94 bits per heavy atom. The van der Waals surface area contributed by atoms with Crippen LogP contribution in [0.1, 0.15) is 39.5 Å². The van der Waals surface area contributed by atoms with Gasteiger partial charge in [-0.1, -0.05) is 13.8 Å². The highest BCUT2D eigenvalue weighted by Gasteiger charge is 2.43. The van der Waals surface area contributed by atoms with Crippen LogP contribution in [0.25, 0.3) is 0 Å². The van der Waals surface area contributed by atoms with E-state index in [1.807, 2.05) is 0 Å². The zero-order chi connectivity index (χ0) is 11.7. The van der Waals surface area contributed by atoms with Crippen molar-refractivity contribution in [1.82, 2.24) is 4.90 Å². The SMILES string of the molecule is CCC(CC)C(=O)N1CC2CCC(N)C2C1.Cl. The summed E-state index contributed by atoms with van der Waals surface area (Å²) in [7, 11) is 0. The lowest BCUT2D eigenvalue weighted by molar-refractivity contribution is -0.135. The van der Waals surface area contributed by atoms with Gasteiger partial charge in [-0.05, 0) is 37.5 Å². The standard InChI is InChI=1S/C13H24N2O.ClH/c1-3-9(4-2)13(16)15-7-10-5-6-12(14)11(10)8-15;/h9-12H,3-8,14H2,1-2H3;1H. The maximum atomic E-state index is 12.2. The Morgan fingerprint density at radius 3 is 2.47 bits per heavy atom. The average Bonchev–Trinajstić information content (AvgIpc) is 2.83. The number of nitrogens with two attached hydrogens (primary N) is 1. The summed E-state index contributed by atoms with van der Waals surface area (Å²) >= 11 is 0. The molecule has 0 aromatic carbocycles. The first-order chi connectivity index (χ1) is 7.67. The fourth-order valence-corrected chi connectivity index (χ4v) is 3.38. The summed E-state index contributed by atoms with van der Waals surface area (Å²) in [5.41, 5.74) is 6.09. The summed E-state index contributed by atoms with van der Waals surface area (Å²) in [5, 5.41) is 0. The van der Waals surface area contributed by atoms with Gasteiger partial charge in [-0.15, -0.1) is 12.4 Å². The summed E-state index contributed by atoms with van der Waals surface area (Å²) in [6, 6.07) is 0.338. The number of halogens is 1. The van der Waals surface area contributed by atoms with Gasteiger partial charge in [0.25, 0.3) is 0 Å². The first-order valence-corrected chi connectivity index (χ1v) is 6.71. The van der Waals surface area contributed by atoms with E-state index in [0.29, 0.717) is 23.8 Å². The highest BCUT2D eigenvalue weighted by Crippen LogP contribution is 2.37. The number of rotatable bonds is 3. The minimum Gasteiger partial charge on any atom is -0.342 e. The van der Waals surface area contributed by atoms with E-state index in [-0.39, 0.29) is 18.3 Å². The third-order valence-corrected chi connectivity index (χ3v) is 4.56. The van der Waals surface area contributed by atoms with Gasteiger partial charge in [0.2, 0.25) is 5.91 Å². The molecule has 2 fully saturated rings. The Balaban J connectivity index is 0.00000144. The van der Waals surface area contributed by atoms with E-state index in [4.69, 9.17) is 5.73 Å². The zero-order valence-corrected chi connectivity index (χ0v) is 11.7. The first-order valence-electron chi connectivity index (χ1n) is 6.71. The topological polar surface area (TPSA) is 46.3 Å². The molecule has 1 saturated heterocycles. The third kappa shape index (κ3) is 2.76. The predicted octanol–water partition coefficient (Wildman–Crippen LogP) is 2.04. The molecule has 100 valence electrons. The molecular weight excluding hydrogens is 236 g/mol. The Kier molecular flexibility index (Phi) is 5.26. The molecule has 1 heterocycles. The monoisotopic (exact) mass is 260 g/mol. The molecule has 1 saturated carbocycles. The highest BCUT2D eigenvalue weighted by molar-refractivity contribution is 5.85. The molecule has 0 aromatic heterocycles. The van der Waals surface area contributed by atoms with E-state index in [2.05, 4.69) is 18.7 Å². The zero-order valence-electron chi connectivity index (χ0n) is 10.9. The second-order valence-electron chi connectivity index (χ2n) is 5.42. The van der Waals surface area contributed by atoms with E-state index in [1.54, 1.807) is 0 Å². The lowest BCUT2D eigenvalue weighted by Gasteiger charge is -2.23. The number of carbonyl (C=O) groups excluding carboxylic acids is 1. The predicted molar refractivity (Wildman–Crippen MR) is 72.1 cm³/mol. The van der Waals surface area contributed by atoms with Crippen molar-refractivity contribution in [2.45, 2.75) is 45.6 Å². The quantitative estimate of drug-likeness (QED) is 0.844. The van der Waals surface area contributed by atoms with Gasteiger partial charge in [0.15, 0.2) is 0 Å². The fourth-order valence-electron chi connectivity index (χ4n) is 3.38. The summed E-state index contributed by atoms with van der Waals surface area (Å²) in [6.07, 6.45) is 4.31. The summed E-state index contributed by atoms with van der Waals surface area (Å²) < 4.78 is 0. The van der Waals surface area contributed by atoms with Gasteiger partial charge >= 0.3 is 0 Å². The van der Waals surface area contributed by atoms with Gasteiger partial charge in [-0.3, -0.25) is 4.79 Å². The molecule has 3 unspecified atom stereocenters. The first kappa shape index (κ1) is 14.8. The van der Waals surface area contributed by atoms with E-state index in [9.17, 15) is 4.79 Å². The summed E-state index contributed by atoms with van der Waals surface area (Å²) in [6.45, 7) is 6.10. The molecule has 4 heteroatoms. The fraction of sp³-hybridized carbons (Fsp3) is 0.923. The van der Waals surface area contributed by atoms with E-state index in [1.165, 1.54) is 6.42 Å². The van der Waals surface area contributed by atoms with Crippen LogP contribution in [-0.2, 0) is 4.79 Å². The van der Waals surface area contributed by atoms with Gasteiger partial charge in [0.1, 0.15) is 0 Å². The molecule has 2 aliphatic rings. The van der Waals surface area contributed by atoms with E-state index < -0.39 is 0 Å². The molecule has 1 aliphatic carbocycles. The van der Waals surface area contributed by atoms with Crippen LogP contribution in [-0.4, -0.2) is 29.9 Å². The molecule has 3 nitrogen and oxygen atoms in total. The molecule has 0 aromatic rings. The Morgan fingerprint density at radius 1 is 1.29 bits per heavy atom. The number of hydrogen-bond acceptors (Lipinski definition) is 2. The van der Waals surface area contributed by atoms with Crippen LogP contribution < -0.4 is 5.73 Å². The molecule has 1 aliphatic heterocycles. The minimum absolute atomic E-state index is 0. The molecule has 1 amide bonds. The highest BCUT2D eigenvalue weighted by atomic mass is 35.5. The molecular formula is C13H25ClN2O. The van der Waals surface area contributed by atoms with Crippen LogP contribution in [0.4, 0.5) is 0 Å². The van der Waals surface area contributed by atoms with Crippen molar-refractivity contribution in [3.63, 3.8) is 0 Å². The van der Waals surface area contributed by atoms with Crippen LogP contribution in [0, 0.1) is 17.8 Å². The third-order valence-electron chi connectivity index (χ3n) is 4.56. The van der Waals surface area contributed by atoms with Crippen LogP contribution >= 0.6 is 12.4 Å². The maximum Gasteiger partial charge on any atom is 0.225 e.